The fourth-order valence-electron chi connectivity index (χ4n) is 7.21. The molecule has 3 heteroatoms. The highest BCUT2D eigenvalue weighted by Gasteiger charge is 2.24. The van der Waals surface area contributed by atoms with E-state index >= 15 is 0 Å². The van der Waals surface area contributed by atoms with Gasteiger partial charge >= 0.3 is 0 Å². The van der Waals surface area contributed by atoms with Gasteiger partial charge in [0.1, 0.15) is 27.9 Å². The van der Waals surface area contributed by atoms with Crippen LogP contribution in [0.15, 0.2) is 147 Å². The van der Waals surface area contributed by atoms with Gasteiger partial charge in [0.05, 0.1) is 6.26 Å². The molecule has 0 unspecified atom stereocenters. The van der Waals surface area contributed by atoms with Crippen LogP contribution in [0.5, 0.6) is 0 Å². The summed E-state index contributed by atoms with van der Waals surface area (Å²) >= 11 is 0. The summed E-state index contributed by atoms with van der Waals surface area (Å²) in [5, 5.41) is 10.1. The molecule has 0 bridgehead atoms. The smallest absolute Gasteiger partial charge is 0.144 e. The molecular weight excluding hydrogens is 528 g/mol. The molecule has 0 aliphatic rings. The van der Waals surface area contributed by atoms with Crippen molar-refractivity contribution in [2.24, 2.45) is 0 Å². The molecule has 0 saturated carbocycles. The molecule has 0 atom stereocenters. The second kappa shape index (κ2) is 8.37. The van der Waals surface area contributed by atoms with Crippen LogP contribution in [0, 0.1) is 0 Å². The summed E-state index contributed by atoms with van der Waals surface area (Å²) < 4.78 is 19.0. The number of rotatable bonds is 2. The molecule has 0 aliphatic carbocycles. The number of para-hydroxylation sites is 2. The Morgan fingerprint density at radius 1 is 0.349 bits per heavy atom. The average molecular weight is 551 g/mol. The lowest BCUT2D eigenvalue weighted by Gasteiger charge is -2.18. The maximum Gasteiger partial charge on any atom is 0.144 e. The normalized spacial score (nSPS) is 12.2. The maximum atomic E-state index is 6.67. The van der Waals surface area contributed by atoms with Crippen molar-refractivity contribution >= 4 is 76.4 Å². The van der Waals surface area contributed by atoms with E-state index in [9.17, 15) is 0 Å². The molecule has 10 rings (SSSR count). The van der Waals surface area contributed by atoms with E-state index in [0.717, 1.165) is 82.3 Å². The highest BCUT2D eigenvalue weighted by atomic mass is 16.3. The van der Waals surface area contributed by atoms with E-state index < -0.39 is 0 Å². The van der Waals surface area contributed by atoms with E-state index in [1.54, 1.807) is 6.26 Å². The summed E-state index contributed by atoms with van der Waals surface area (Å²) in [5.41, 5.74) is 8.96. The Bertz CT molecular complexity index is 2680. The Hall–Kier alpha value is -5.80. The van der Waals surface area contributed by atoms with Crippen LogP contribution < -0.4 is 0 Å². The predicted molar refractivity (Wildman–Crippen MR) is 177 cm³/mol. The van der Waals surface area contributed by atoms with Crippen LogP contribution in [-0.4, -0.2) is 0 Å². The zero-order valence-electron chi connectivity index (χ0n) is 22.9. The molecular formula is C40H22O3. The third-order valence-corrected chi connectivity index (χ3v) is 8.95. The van der Waals surface area contributed by atoms with E-state index in [1.165, 1.54) is 16.3 Å². The van der Waals surface area contributed by atoms with Crippen LogP contribution in [0.4, 0.5) is 0 Å². The van der Waals surface area contributed by atoms with Gasteiger partial charge in [0, 0.05) is 38.1 Å². The lowest BCUT2D eigenvalue weighted by molar-refractivity contribution is 0.616. The van der Waals surface area contributed by atoms with Crippen molar-refractivity contribution in [3.05, 3.63) is 134 Å². The van der Waals surface area contributed by atoms with E-state index in [1.807, 2.05) is 24.3 Å². The largest absolute Gasteiger partial charge is 0.464 e. The number of furan rings is 3. The van der Waals surface area contributed by atoms with E-state index in [2.05, 4.69) is 103 Å². The molecule has 10 aromatic rings. The zero-order chi connectivity index (χ0) is 28.1. The summed E-state index contributed by atoms with van der Waals surface area (Å²) in [6.07, 6.45) is 1.78. The van der Waals surface area contributed by atoms with Crippen molar-refractivity contribution in [2.75, 3.05) is 0 Å². The van der Waals surface area contributed by atoms with Crippen LogP contribution in [0.25, 0.3) is 98.6 Å². The molecule has 0 fully saturated rings. The average Bonchev–Trinajstić information content (AvgIpc) is 3.78. The SMILES string of the molecule is c1ccc2c(c1)oc1c(-c3c4ccccc4c(-c4cccc5oc6ccccc6c45)c4ccccc34)c3ccoc3cc12. The van der Waals surface area contributed by atoms with E-state index in [4.69, 9.17) is 13.3 Å². The molecule has 0 spiro atoms. The van der Waals surface area contributed by atoms with Crippen molar-refractivity contribution in [1.29, 1.82) is 0 Å². The van der Waals surface area contributed by atoms with Crippen molar-refractivity contribution in [3.8, 4) is 22.3 Å². The second-order valence-electron chi connectivity index (χ2n) is 11.2. The Kier molecular flexibility index (Phi) is 4.45. The van der Waals surface area contributed by atoms with Gasteiger partial charge in [-0.05, 0) is 63.0 Å². The van der Waals surface area contributed by atoms with E-state index in [0.29, 0.717) is 0 Å². The monoisotopic (exact) mass is 550 g/mol. The second-order valence-corrected chi connectivity index (χ2v) is 11.2. The molecule has 0 amide bonds. The summed E-state index contributed by atoms with van der Waals surface area (Å²) in [7, 11) is 0. The van der Waals surface area contributed by atoms with Crippen LogP contribution in [0.1, 0.15) is 0 Å². The molecule has 0 saturated heterocycles. The first-order valence-corrected chi connectivity index (χ1v) is 14.5. The third kappa shape index (κ3) is 3.03. The van der Waals surface area contributed by atoms with E-state index in [-0.39, 0.29) is 0 Å². The van der Waals surface area contributed by atoms with Crippen molar-refractivity contribution < 1.29 is 13.3 Å². The van der Waals surface area contributed by atoms with Crippen LogP contribution in [-0.2, 0) is 0 Å². The van der Waals surface area contributed by atoms with Gasteiger partial charge < -0.3 is 13.3 Å². The van der Waals surface area contributed by atoms with Crippen LogP contribution >= 0.6 is 0 Å². The topological polar surface area (TPSA) is 39.4 Å². The first-order valence-electron chi connectivity index (χ1n) is 14.5. The predicted octanol–water partition coefficient (Wildman–Crippen LogP) is 11.9. The molecule has 0 N–H and O–H groups in total. The fourth-order valence-corrected chi connectivity index (χ4v) is 7.21. The van der Waals surface area contributed by atoms with Crippen molar-refractivity contribution in [1.82, 2.24) is 0 Å². The molecule has 7 aromatic carbocycles. The van der Waals surface area contributed by atoms with Crippen molar-refractivity contribution in [3.63, 3.8) is 0 Å². The lowest BCUT2D eigenvalue weighted by Crippen LogP contribution is -1.92. The van der Waals surface area contributed by atoms with Gasteiger partial charge in [-0.3, -0.25) is 0 Å². The van der Waals surface area contributed by atoms with Gasteiger partial charge in [-0.2, -0.15) is 0 Å². The Morgan fingerprint density at radius 3 is 1.65 bits per heavy atom. The minimum Gasteiger partial charge on any atom is -0.464 e. The molecule has 3 heterocycles. The number of hydrogen-bond acceptors (Lipinski definition) is 3. The highest BCUT2D eigenvalue weighted by Crippen LogP contribution is 2.50. The summed E-state index contributed by atoms with van der Waals surface area (Å²) in [6.45, 7) is 0. The van der Waals surface area contributed by atoms with Gasteiger partial charge in [0.2, 0.25) is 0 Å². The van der Waals surface area contributed by atoms with Gasteiger partial charge in [0.25, 0.3) is 0 Å². The summed E-state index contributed by atoms with van der Waals surface area (Å²) in [4.78, 5) is 0. The standard InChI is InChI=1S/C40H22O3/c1-3-13-26-24(11-1)36(30-16-9-19-34-37(30)28-15-6-8-18-33(28)42-34)25-12-2-4-14-27(25)38(26)39-29-20-21-41-35(29)22-31-23-10-5-7-17-32(23)43-40(31)39/h1-22H. The number of hydrogen-bond donors (Lipinski definition) is 0. The number of benzene rings is 7. The molecule has 200 valence electrons. The Labute approximate surface area is 245 Å². The highest BCUT2D eigenvalue weighted by molar-refractivity contribution is 6.30. The molecule has 0 aliphatic heterocycles. The molecule has 3 nitrogen and oxygen atoms in total. The molecule has 0 radical (unpaired) electrons. The summed E-state index contributed by atoms with van der Waals surface area (Å²) in [6, 6.07) is 44.6. The quantitative estimate of drug-likeness (QED) is 0.201. The van der Waals surface area contributed by atoms with Crippen LogP contribution in [0.3, 0.4) is 0 Å². The van der Waals surface area contributed by atoms with Crippen LogP contribution in [0.2, 0.25) is 0 Å². The maximum absolute atomic E-state index is 6.67. The van der Waals surface area contributed by atoms with Gasteiger partial charge in [0.15, 0.2) is 0 Å². The van der Waals surface area contributed by atoms with Gasteiger partial charge in [-0.1, -0.05) is 97.1 Å². The fraction of sp³-hybridized carbons (Fsp3) is 0. The van der Waals surface area contributed by atoms with Gasteiger partial charge in [-0.25, -0.2) is 0 Å². The number of fused-ring (bicyclic) bond motifs is 9. The Balaban J connectivity index is 1.43. The third-order valence-electron chi connectivity index (χ3n) is 8.95. The Morgan fingerprint density at radius 2 is 0.930 bits per heavy atom. The first kappa shape index (κ1) is 22.8. The minimum atomic E-state index is 0.848. The first-order chi connectivity index (χ1) is 21.3. The molecule has 43 heavy (non-hydrogen) atoms. The van der Waals surface area contributed by atoms with Crippen molar-refractivity contribution in [2.45, 2.75) is 0 Å². The zero-order valence-corrected chi connectivity index (χ0v) is 22.9. The molecule has 3 aromatic heterocycles. The summed E-state index contributed by atoms with van der Waals surface area (Å²) in [5.74, 6) is 0. The lowest BCUT2D eigenvalue weighted by atomic mass is 9.84. The minimum absolute atomic E-state index is 0.848. The van der Waals surface area contributed by atoms with Gasteiger partial charge in [-0.15, -0.1) is 0 Å².